The lowest BCUT2D eigenvalue weighted by atomic mass is 10.00. The molecule has 1 atom stereocenters. The van der Waals surface area contributed by atoms with Crippen molar-refractivity contribution in [1.82, 2.24) is 0 Å². The molecular weight excluding hydrogens is 250 g/mol. The second-order valence-electron chi connectivity index (χ2n) is 4.34. The summed E-state index contributed by atoms with van der Waals surface area (Å²) in [5, 5.41) is 10.7. The minimum absolute atomic E-state index is 0.0613. The van der Waals surface area contributed by atoms with E-state index in [4.69, 9.17) is 9.47 Å². The number of non-ortho nitro benzene ring substituents is 1. The summed E-state index contributed by atoms with van der Waals surface area (Å²) >= 11 is 0. The van der Waals surface area contributed by atoms with E-state index in [1.165, 1.54) is 12.1 Å². The van der Waals surface area contributed by atoms with Crippen LogP contribution in [0.1, 0.15) is 25.3 Å². The van der Waals surface area contributed by atoms with Crippen LogP contribution < -0.4 is 4.74 Å². The van der Waals surface area contributed by atoms with Gasteiger partial charge in [0.25, 0.3) is 5.69 Å². The molecule has 0 fully saturated rings. The van der Waals surface area contributed by atoms with Gasteiger partial charge in [-0.15, -0.1) is 0 Å². The fourth-order valence-corrected chi connectivity index (χ4v) is 2.09. The number of carbonyl (C=O) groups is 1. The van der Waals surface area contributed by atoms with Crippen molar-refractivity contribution >= 4 is 11.7 Å². The minimum Gasteiger partial charge on any atom is -0.490 e. The summed E-state index contributed by atoms with van der Waals surface area (Å²) in [5.74, 6) is 0.337. The summed E-state index contributed by atoms with van der Waals surface area (Å²) in [4.78, 5) is 21.6. The first-order valence-electron chi connectivity index (χ1n) is 6.19. The maximum atomic E-state index is 11.4. The van der Waals surface area contributed by atoms with E-state index in [1.54, 1.807) is 13.0 Å². The number of hydrogen-bond donors (Lipinski definition) is 0. The van der Waals surface area contributed by atoms with E-state index >= 15 is 0 Å². The van der Waals surface area contributed by atoms with E-state index in [1.807, 2.05) is 0 Å². The second-order valence-corrected chi connectivity index (χ2v) is 4.34. The first kappa shape index (κ1) is 13.3. The Balaban J connectivity index is 2.04. The number of aryl methyl sites for hydroxylation is 1. The van der Waals surface area contributed by atoms with Gasteiger partial charge in [0.15, 0.2) is 0 Å². The lowest BCUT2D eigenvalue weighted by Crippen LogP contribution is -2.26. The molecule has 0 spiro atoms. The van der Waals surface area contributed by atoms with Crippen molar-refractivity contribution in [3.63, 3.8) is 0 Å². The Labute approximate surface area is 110 Å². The molecule has 19 heavy (non-hydrogen) atoms. The number of nitro groups is 1. The highest BCUT2D eigenvalue weighted by Crippen LogP contribution is 2.31. The van der Waals surface area contributed by atoms with Crippen molar-refractivity contribution in [3.05, 3.63) is 33.9 Å². The molecule has 1 aliphatic rings. The zero-order valence-electron chi connectivity index (χ0n) is 10.6. The Morgan fingerprint density at radius 3 is 3.05 bits per heavy atom. The lowest BCUT2D eigenvalue weighted by Gasteiger charge is -2.25. The second kappa shape index (κ2) is 5.69. The van der Waals surface area contributed by atoms with Crippen LogP contribution in [0.2, 0.25) is 0 Å². The molecule has 0 N–H and O–H groups in total. The molecule has 1 aromatic rings. The van der Waals surface area contributed by atoms with E-state index in [2.05, 4.69) is 0 Å². The van der Waals surface area contributed by atoms with Crippen molar-refractivity contribution in [2.24, 2.45) is 0 Å². The predicted molar refractivity (Wildman–Crippen MR) is 67.1 cm³/mol. The average molecular weight is 265 g/mol. The highest BCUT2D eigenvalue weighted by atomic mass is 16.6. The molecule has 6 heteroatoms. The fraction of sp³-hybridized carbons (Fsp3) is 0.462. The smallest absolute Gasteiger partial charge is 0.309 e. The molecule has 1 unspecified atom stereocenters. The molecule has 0 amide bonds. The van der Waals surface area contributed by atoms with Gasteiger partial charge < -0.3 is 9.47 Å². The number of carbonyl (C=O) groups excluding carboxylic acids is 1. The van der Waals surface area contributed by atoms with E-state index in [9.17, 15) is 14.9 Å². The quantitative estimate of drug-likeness (QED) is 0.474. The molecule has 0 saturated carbocycles. The number of fused-ring (bicyclic) bond motifs is 1. The topological polar surface area (TPSA) is 78.7 Å². The predicted octanol–water partition coefficient (Wildman–Crippen LogP) is 2.24. The average Bonchev–Trinajstić information content (AvgIpc) is 2.38. The van der Waals surface area contributed by atoms with Gasteiger partial charge in [0.1, 0.15) is 11.9 Å². The first-order chi connectivity index (χ1) is 9.10. The molecule has 1 aromatic carbocycles. The SMILES string of the molecule is CCOC(=O)CC1CCc2cc([N+](=O)[O-])ccc2O1. The molecule has 2 rings (SSSR count). The van der Waals surface area contributed by atoms with Crippen molar-refractivity contribution < 1.29 is 19.2 Å². The van der Waals surface area contributed by atoms with Gasteiger partial charge in [0, 0.05) is 17.7 Å². The highest BCUT2D eigenvalue weighted by Gasteiger charge is 2.24. The summed E-state index contributed by atoms with van der Waals surface area (Å²) in [6, 6.07) is 4.52. The van der Waals surface area contributed by atoms with E-state index in [-0.39, 0.29) is 24.2 Å². The summed E-state index contributed by atoms with van der Waals surface area (Å²) in [7, 11) is 0. The normalized spacial score (nSPS) is 17.2. The molecular formula is C13H15NO5. The van der Waals surface area contributed by atoms with E-state index in [0.717, 1.165) is 5.56 Å². The van der Waals surface area contributed by atoms with Crippen molar-refractivity contribution in [1.29, 1.82) is 0 Å². The van der Waals surface area contributed by atoms with Gasteiger partial charge in [-0.05, 0) is 25.8 Å². The van der Waals surface area contributed by atoms with E-state index in [0.29, 0.717) is 25.2 Å². The molecule has 1 aliphatic heterocycles. The number of benzene rings is 1. The van der Waals surface area contributed by atoms with Gasteiger partial charge in [-0.1, -0.05) is 0 Å². The van der Waals surface area contributed by atoms with Crippen LogP contribution in [-0.2, 0) is 16.0 Å². The third-order valence-corrected chi connectivity index (χ3v) is 2.98. The molecule has 102 valence electrons. The lowest BCUT2D eigenvalue weighted by molar-refractivity contribution is -0.385. The molecule has 6 nitrogen and oxygen atoms in total. The highest BCUT2D eigenvalue weighted by molar-refractivity contribution is 5.70. The van der Waals surface area contributed by atoms with Gasteiger partial charge in [-0.25, -0.2) is 0 Å². The van der Waals surface area contributed by atoms with Crippen LogP contribution in [0.3, 0.4) is 0 Å². The fourth-order valence-electron chi connectivity index (χ4n) is 2.09. The van der Waals surface area contributed by atoms with E-state index < -0.39 is 4.92 Å². The molecule has 0 aromatic heterocycles. The van der Waals surface area contributed by atoms with Crippen LogP contribution in [0.4, 0.5) is 5.69 Å². The van der Waals surface area contributed by atoms with Crippen LogP contribution in [0.15, 0.2) is 18.2 Å². The Kier molecular flexibility index (Phi) is 3.99. The number of hydrogen-bond acceptors (Lipinski definition) is 5. The zero-order valence-corrected chi connectivity index (χ0v) is 10.6. The van der Waals surface area contributed by atoms with Crippen LogP contribution in [0.25, 0.3) is 0 Å². The largest absolute Gasteiger partial charge is 0.490 e. The van der Waals surface area contributed by atoms with Gasteiger partial charge in [-0.3, -0.25) is 14.9 Å². The maximum Gasteiger partial charge on any atom is 0.309 e. The molecule has 0 radical (unpaired) electrons. The number of nitrogens with zero attached hydrogens (tertiary/aromatic N) is 1. The van der Waals surface area contributed by atoms with Crippen molar-refractivity contribution in [2.75, 3.05) is 6.61 Å². The summed E-state index contributed by atoms with van der Waals surface area (Å²) in [5.41, 5.74) is 0.875. The maximum absolute atomic E-state index is 11.4. The summed E-state index contributed by atoms with van der Waals surface area (Å²) in [6.07, 6.45) is 1.33. The van der Waals surface area contributed by atoms with Crippen LogP contribution >= 0.6 is 0 Å². The Morgan fingerprint density at radius 1 is 1.58 bits per heavy atom. The molecule has 0 bridgehead atoms. The Bertz CT molecular complexity index is 500. The van der Waals surface area contributed by atoms with Gasteiger partial charge in [-0.2, -0.15) is 0 Å². The van der Waals surface area contributed by atoms with Crippen LogP contribution in [0, 0.1) is 10.1 Å². The third-order valence-electron chi connectivity index (χ3n) is 2.98. The Morgan fingerprint density at radius 2 is 2.37 bits per heavy atom. The van der Waals surface area contributed by atoms with Gasteiger partial charge in [0.05, 0.1) is 18.0 Å². The van der Waals surface area contributed by atoms with Gasteiger partial charge in [0.2, 0.25) is 0 Å². The van der Waals surface area contributed by atoms with Crippen LogP contribution in [-0.4, -0.2) is 23.6 Å². The Hall–Kier alpha value is -2.11. The van der Waals surface area contributed by atoms with Crippen LogP contribution in [0.5, 0.6) is 5.75 Å². The molecule has 0 aliphatic carbocycles. The number of nitro benzene ring substituents is 1. The summed E-state index contributed by atoms with van der Waals surface area (Å²) < 4.78 is 10.5. The zero-order chi connectivity index (χ0) is 13.8. The van der Waals surface area contributed by atoms with Crippen molar-refractivity contribution in [3.8, 4) is 5.75 Å². The molecule has 1 heterocycles. The monoisotopic (exact) mass is 265 g/mol. The van der Waals surface area contributed by atoms with Crippen molar-refractivity contribution in [2.45, 2.75) is 32.3 Å². The summed E-state index contributed by atoms with van der Waals surface area (Å²) in [6.45, 7) is 2.11. The third kappa shape index (κ3) is 3.21. The number of esters is 1. The number of ether oxygens (including phenoxy) is 2. The standard InChI is InChI=1S/C13H15NO5/c1-2-18-13(15)8-11-5-3-9-7-10(14(16)17)4-6-12(9)19-11/h4,6-7,11H,2-3,5,8H2,1H3. The van der Waals surface area contributed by atoms with Gasteiger partial charge >= 0.3 is 5.97 Å². The number of rotatable bonds is 4. The molecule has 0 saturated heterocycles. The first-order valence-corrected chi connectivity index (χ1v) is 6.19. The minimum atomic E-state index is -0.426.